The van der Waals surface area contributed by atoms with Crippen molar-refractivity contribution >= 4 is 21.9 Å². The van der Waals surface area contributed by atoms with E-state index in [2.05, 4.69) is 10.6 Å². The fraction of sp³-hybridized carbons (Fsp3) is 0.100. The lowest BCUT2D eigenvalue weighted by Crippen LogP contribution is -2.34. The summed E-state index contributed by atoms with van der Waals surface area (Å²) in [7, 11) is -3.88. The average Bonchev–Trinajstić information content (AvgIpc) is 2.27. The van der Waals surface area contributed by atoms with Gasteiger partial charge in [0.05, 0.1) is 0 Å². The molecule has 0 atom stereocenters. The maximum absolute atomic E-state index is 11.3. The monoisotopic (exact) mass is 254 g/mol. The molecule has 0 radical (unpaired) electrons. The van der Waals surface area contributed by atoms with Gasteiger partial charge in [-0.05, 0) is 24.3 Å². The van der Waals surface area contributed by atoms with Crippen LogP contribution < -0.4 is 9.44 Å². The second kappa shape index (κ2) is 5.34. The molecule has 0 aliphatic heterocycles. The number of hydrogen-bond donors (Lipinski definition) is 3. The van der Waals surface area contributed by atoms with E-state index in [1.165, 1.54) is 12.1 Å². The van der Waals surface area contributed by atoms with Gasteiger partial charge in [0.25, 0.3) is 10.2 Å². The van der Waals surface area contributed by atoms with Gasteiger partial charge >= 0.3 is 5.97 Å². The van der Waals surface area contributed by atoms with Crippen molar-refractivity contribution in [2.24, 2.45) is 0 Å². The Kier molecular flexibility index (Phi) is 4.09. The molecule has 0 aliphatic carbocycles. The fourth-order valence-electron chi connectivity index (χ4n) is 0.982. The number of carboxylic acids is 1. The number of nitrogens with one attached hydrogen (secondary N) is 2. The lowest BCUT2D eigenvalue weighted by Gasteiger charge is -2.07. The first-order chi connectivity index (χ1) is 7.93. The smallest absolute Gasteiger partial charge is 0.318 e. The summed E-state index contributed by atoms with van der Waals surface area (Å²) in [6.45, 7) is -0.683. The van der Waals surface area contributed by atoms with Gasteiger partial charge in [-0.3, -0.25) is 9.52 Å². The van der Waals surface area contributed by atoms with E-state index in [9.17, 15) is 13.2 Å². The Bertz CT molecular complexity index is 543. The standard InChI is InChI=1S/C10H10N2O4S/c1-2-8-3-5-9(6-4-8)12-17(15,16)11-7-10(13)14/h1,3-6,11-12H,7H2,(H,13,14). The summed E-state index contributed by atoms with van der Waals surface area (Å²) in [6, 6.07) is 6.09. The lowest BCUT2D eigenvalue weighted by atomic mass is 10.2. The Labute approximate surface area is 98.8 Å². The van der Waals surface area contributed by atoms with E-state index in [-0.39, 0.29) is 0 Å². The highest BCUT2D eigenvalue weighted by Crippen LogP contribution is 2.09. The molecule has 0 spiro atoms. The molecule has 0 unspecified atom stereocenters. The van der Waals surface area contributed by atoms with Crippen molar-refractivity contribution < 1.29 is 18.3 Å². The molecule has 0 aliphatic rings. The molecule has 17 heavy (non-hydrogen) atoms. The van der Waals surface area contributed by atoms with Gasteiger partial charge in [0.2, 0.25) is 0 Å². The molecule has 1 aromatic rings. The largest absolute Gasteiger partial charge is 0.480 e. The average molecular weight is 254 g/mol. The van der Waals surface area contributed by atoms with Crippen LogP contribution in [-0.2, 0) is 15.0 Å². The number of hydrogen-bond acceptors (Lipinski definition) is 3. The maximum atomic E-state index is 11.3. The Balaban J connectivity index is 2.70. The predicted molar refractivity (Wildman–Crippen MR) is 62.6 cm³/mol. The number of rotatable bonds is 5. The van der Waals surface area contributed by atoms with Crippen LogP contribution in [0.25, 0.3) is 0 Å². The second-order valence-electron chi connectivity index (χ2n) is 3.04. The van der Waals surface area contributed by atoms with Gasteiger partial charge in [0, 0.05) is 11.3 Å². The van der Waals surface area contributed by atoms with Crippen LogP contribution in [0.2, 0.25) is 0 Å². The zero-order chi connectivity index (χ0) is 12.9. The molecule has 0 amide bonds. The van der Waals surface area contributed by atoms with Crippen molar-refractivity contribution in [2.45, 2.75) is 0 Å². The number of carbonyl (C=O) groups is 1. The Morgan fingerprint density at radius 3 is 2.41 bits per heavy atom. The molecule has 1 rings (SSSR count). The predicted octanol–water partition coefficient (Wildman–Crippen LogP) is -0.00120. The minimum atomic E-state index is -3.88. The number of carboxylic acid groups (broad SMARTS) is 1. The van der Waals surface area contributed by atoms with Crippen LogP contribution in [0.3, 0.4) is 0 Å². The summed E-state index contributed by atoms with van der Waals surface area (Å²) in [5.74, 6) is 1.12. The molecule has 0 fully saturated rings. The molecule has 90 valence electrons. The Hall–Kier alpha value is -2.04. The van der Waals surface area contributed by atoms with Crippen LogP contribution in [0.5, 0.6) is 0 Å². The molecule has 7 heteroatoms. The van der Waals surface area contributed by atoms with Gasteiger partial charge < -0.3 is 5.11 Å². The van der Waals surface area contributed by atoms with Crippen LogP contribution in [0, 0.1) is 12.3 Å². The summed E-state index contributed by atoms with van der Waals surface area (Å²) < 4.78 is 26.7. The first-order valence-electron chi connectivity index (χ1n) is 4.49. The number of aliphatic carboxylic acids is 1. The molecule has 1 aromatic carbocycles. The second-order valence-corrected chi connectivity index (χ2v) is 4.54. The molecular weight excluding hydrogens is 244 g/mol. The Morgan fingerprint density at radius 2 is 1.94 bits per heavy atom. The zero-order valence-corrected chi connectivity index (χ0v) is 9.49. The van der Waals surface area contributed by atoms with Gasteiger partial charge in [0.15, 0.2) is 0 Å². The van der Waals surface area contributed by atoms with Gasteiger partial charge in [-0.2, -0.15) is 13.1 Å². The van der Waals surface area contributed by atoms with E-state index >= 15 is 0 Å². The highest BCUT2D eigenvalue weighted by molar-refractivity contribution is 7.90. The number of benzene rings is 1. The molecule has 0 saturated carbocycles. The molecule has 3 N–H and O–H groups in total. The lowest BCUT2D eigenvalue weighted by molar-refractivity contribution is -0.135. The maximum Gasteiger partial charge on any atom is 0.318 e. The van der Waals surface area contributed by atoms with Crippen molar-refractivity contribution in [3.8, 4) is 12.3 Å². The van der Waals surface area contributed by atoms with Gasteiger partial charge in [-0.1, -0.05) is 5.92 Å². The van der Waals surface area contributed by atoms with Crippen LogP contribution in [0.4, 0.5) is 5.69 Å². The first kappa shape index (κ1) is 13.0. The van der Waals surface area contributed by atoms with Crippen LogP contribution in [-0.4, -0.2) is 26.0 Å². The van der Waals surface area contributed by atoms with Gasteiger partial charge in [-0.25, -0.2) is 0 Å². The molecule has 0 aromatic heterocycles. The van der Waals surface area contributed by atoms with Crippen molar-refractivity contribution in [1.29, 1.82) is 0 Å². The third-order valence-electron chi connectivity index (χ3n) is 1.72. The first-order valence-corrected chi connectivity index (χ1v) is 5.97. The summed E-state index contributed by atoms with van der Waals surface area (Å²) in [5.41, 5.74) is 0.910. The van der Waals surface area contributed by atoms with E-state index in [1.54, 1.807) is 12.1 Å². The zero-order valence-electron chi connectivity index (χ0n) is 8.67. The quantitative estimate of drug-likeness (QED) is 0.644. The minimum absolute atomic E-state index is 0.293. The van der Waals surface area contributed by atoms with Crippen molar-refractivity contribution in [1.82, 2.24) is 4.72 Å². The third kappa shape index (κ3) is 4.55. The summed E-state index contributed by atoms with van der Waals surface area (Å²) in [5, 5.41) is 8.33. The van der Waals surface area contributed by atoms with E-state index in [1.807, 2.05) is 4.72 Å². The highest BCUT2D eigenvalue weighted by atomic mass is 32.2. The van der Waals surface area contributed by atoms with Gasteiger partial charge in [-0.15, -0.1) is 6.42 Å². The summed E-state index contributed by atoms with van der Waals surface area (Å²) >= 11 is 0. The topological polar surface area (TPSA) is 95.5 Å². The molecule has 0 saturated heterocycles. The van der Waals surface area contributed by atoms with Crippen molar-refractivity contribution in [3.63, 3.8) is 0 Å². The molecular formula is C10H10N2O4S. The van der Waals surface area contributed by atoms with Crippen molar-refractivity contribution in [2.75, 3.05) is 11.3 Å². The van der Waals surface area contributed by atoms with Crippen LogP contribution in [0.1, 0.15) is 5.56 Å². The van der Waals surface area contributed by atoms with Crippen molar-refractivity contribution in [3.05, 3.63) is 29.8 Å². The van der Waals surface area contributed by atoms with E-state index in [0.717, 1.165) is 0 Å². The molecule has 0 bridgehead atoms. The highest BCUT2D eigenvalue weighted by Gasteiger charge is 2.10. The Morgan fingerprint density at radius 1 is 1.35 bits per heavy atom. The molecule has 6 nitrogen and oxygen atoms in total. The summed E-state index contributed by atoms with van der Waals surface area (Å²) in [6.07, 6.45) is 5.14. The van der Waals surface area contributed by atoms with Crippen LogP contribution >= 0.6 is 0 Å². The van der Waals surface area contributed by atoms with Gasteiger partial charge in [0.1, 0.15) is 6.54 Å². The number of terminal acetylenes is 1. The molecule has 0 heterocycles. The minimum Gasteiger partial charge on any atom is -0.480 e. The third-order valence-corrected chi connectivity index (χ3v) is 2.75. The van der Waals surface area contributed by atoms with Crippen LogP contribution in [0.15, 0.2) is 24.3 Å². The van der Waals surface area contributed by atoms with E-state index < -0.39 is 22.7 Å². The van der Waals surface area contributed by atoms with E-state index in [4.69, 9.17) is 11.5 Å². The normalized spacial score (nSPS) is 10.5. The summed E-state index contributed by atoms with van der Waals surface area (Å²) in [4.78, 5) is 10.2. The number of anilines is 1. The van der Waals surface area contributed by atoms with E-state index in [0.29, 0.717) is 11.3 Å². The fourth-order valence-corrected chi connectivity index (χ4v) is 1.81. The SMILES string of the molecule is C#Cc1ccc(NS(=O)(=O)NCC(=O)O)cc1.